The molecule has 0 aliphatic rings. The Morgan fingerprint density at radius 3 is 2.62 bits per heavy atom. The average molecular weight is 366 g/mol. The SMILES string of the molecule is CCC(C(=O)Nc1ncc(Cc2ccccc2Cl)s1)N(CC)CC. The van der Waals surface area contributed by atoms with Crippen LogP contribution in [-0.2, 0) is 11.2 Å². The molecule has 6 heteroatoms. The molecule has 0 radical (unpaired) electrons. The summed E-state index contributed by atoms with van der Waals surface area (Å²) in [5.74, 6) is 0.0137. The van der Waals surface area contributed by atoms with Gasteiger partial charge in [0.25, 0.3) is 0 Å². The Bertz CT molecular complexity index is 670. The molecule has 1 aromatic carbocycles. The Morgan fingerprint density at radius 2 is 2.00 bits per heavy atom. The van der Waals surface area contributed by atoms with Crippen molar-refractivity contribution in [1.82, 2.24) is 9.88 Å². The quantitative estimate of drug-likeness (QED) is 0.751. The molecule has 0 aliphatic heterocycles. The van der Waals surface area contributed by atoms with Gasteiger partial charge in [-0.05, 0) is 31.1 Å². The highest BCUT2D eigenvalue weighted by Crippen LogP contribution is 2.25. The van der Waals surface area contributed by atoms with Crippen LogP contribution in [0, 0.1) is 0 Å². The number of carbonyl (C=O) groups excluding carboxylic acids is 1. The van der Waals surface area contributed by atoms with Crippen LogP contribution in [0.5, 0.6) is 0 Å². The van der Waals surface area contributed by atoms with Gasteiger partial charge in [0.1, 0.15) is 0 Å². The smallest absolute Gasteiger partial charge is 0.243 e. The second-order valence-corrected chi connectivity index (χ2v) is 7.06. The molecule has 1 N–H and O–H groups in total. The Morgan fingerprint density at radius 1 is 1.29 bits per heavy atom. The lowest BCUT2D eigenvalue weighted by molar-refractivity contribution is -0.121. The van der Waals surface area contributed by atoms with E-state index in [1.54, 1.807) is 0 Å². The molecular weight excluding hydrogens is 342 g/mol. The first kappa shape index (κ1) is 18.9. The molecule has 1 atom stereocenters. The highest BCUT2D eigenvalue weighted by molar-refractivity contribution is 7.15. The van der Waals surface area contributed by atoms with Crippen molar-refractivity contribution >= 4 is 34.0 Å². The van der Waals surface area contributed by atoms with Crippen LogP contribution in [0.15, 0.2) is 30.5 Å². The molecular formula is C18H24ClN3OS. The fraction of sp³-hybridized carbons (Fsp3) is 0.444. The number of nitrogens with one attached hydrogen (secondary N) is 1. The molecule has 0 fully saturated rings. The zero-order valence-electron chi connectivity index (χ0n) is 14.4. The summed E-state index contributed by atoms with van der Waals surface area (Å²) in [6.45, 7) is 7.90. The predicted molar refractivity (Wildman–Crippen MR) is 102 cm³/mol. The predicted octanol–water partition coefficient (Wildman–Crippen LogP) is 4.45. The number of nitrogens with zero attached hydrogens (tertiary/aromatic N) is 2. The van der Waals surface area contributed by atoms with Crippen molar-refractivity contribution in [2.75, 3.05) is 18.4 Å². The lowest BCUT2D eigenvalue weighted by Crippen LogP contribution is -2.43. The number of halogens is 1. The van der Waals surface area contributed by atoms with Crippen LogP contribution in [0.3, 0.4) is 0 Å². The normalized spacial score (nSPS) is 12.4. The number of benzene rings is 1. The average Bonchev–Trinajstić information content (AvgIpc) is 3.01. The van der Waals surface area contributed by atoms with Crippen molar-refractivity contribution in [3.05, 3.63) is 45.9 Å². The summed E-state index contributed by atoms with van der Waals surface area (Å²) < 4.78 is 0. The van der Waals surface area contributed by atoms with E-state index in [0.29, 0.717) is 5.13 Å². The summed E-state index contributed by atoms with van der Waals surface area (Å²) >= 11 is 7.70. The van der Waals surface area contributed by atoms with Crippen LogP contribution >= 0.6 is 22.9 Å². The number of amides is 1. The van der Waals surface area contributed by atoms with E-state index in [9.17, 15) is 4.79 Å². The first-order chi connectivity index (χ1) is 11.6. The van der Waals surface area contributed by atoms with Crippen LogP contribution in [0.25, 0.3) is 0 Å². The molecule has 1 aromatic heterocycles. The minimum absolute atomic E-state index is 0.0137. The summed E-state index contributed by atoms with van der Waals surface area (Å²) in [4.78, 5) is 20.1. The second kappa shape index (κ2) is 9.16. The molecule has 0 spiro atoms. The lowest BCUT2D eigenvalue weighted by atomic mass is 10.1. The van der Waals surface area contributed by atoms with Crippen molar-refractivity contribution in [3.8, 4) is 0 Å². The topological polar surface area (TPSA) is 45.2 Å². The molecule has 0 aliphatic carbocycles. The van der Waals surface area contributed by atoms with E-state index in [4.69, 9.17) is 11.6 Å². The Kier molecular flexibility index (Phi) is 7.21. The first-order valence-electron chi connectivity index (χ1n) is 8.32. The maximum Gasteiger partial charge on any atom is 0.243 e. The number of carbonyl (C=O) groups is 1. The zero-order chi connectivity index (χ0) is 17.5. The van der Waals surface area contributed by atoms with Crippen LogP contribution < -0.4 is 5.32 Å². The molecule has 130 valence electrons. The summed E-state index contributed by atoms with van der Waals surface area (Å²) in [5.41, 5.74) is 1.07. The van der Waals surface area contributed by atoms with Gasteiger partial charge < -0.3 is 5.32 Å². The largest absolute Gasteiger partial charge is 0.301 e. The molecule has 0 saturated carbocycles. The third-order valence-electron chi connectivity index (χ3n) is 4.05. The number of hydrogen-bond acceptors (Lipinski definition) is 4. The summed E-state index contributed by atoms with van der Waals surface area (Å²) in [5, 5.41) is 4.36. The first-order valence-corrected chi connectivity index (χ1v) is 9.51. The van der Waals surface area contributed by atoms with E-state index in [1.807, 2.05) is 37.4 Å². The van der Waals surface area contributed by atoms with E-state index < -0.39 is 0 Å². The Labute approximate surface area is 152 Å². The molecule has 2 aromatic rings. The van der Waals surface area contributed by atoms with Crippen molar-refractivity contribution in [3.63, 3.8) is 0 Å². The fourth-order valence-electron chi connectivity index (χ4n) is 2.74. The van der Waals surface area contributed by atoms with E-state index in [0.717, 1.165) is 41.4 Å². The molecule has 1 unspecified atom stereocenters. The molecule has 0 bridgehead atoms. The van der Waals surface area contributed by atoms with Gasteiger partial charge in [-0.25, -0.2) is 4.98 Å². The highest BCUT2D eigenvalue weighted by Gasteiger charge is 2.22. The molecule has 1 amide bonds. The highest BCUT2D eigenvalue weighted by atomic mass is 35.5. The van der Waals surface area contributed by atoms with Gasteiger partial charge in [-0.1, -0.05) is 50.6 Å². The second-order valence-electron chi connectivity index (χ2n) is 5.53. The fourth-order valence-corrected chi connectivity index (χ4v) is 3.78. The molecule has 24 heavy (non-hydrogen) atoms. The lowest BCUT2D eigenvalue weighted by Gasteiger charge is -2.27. The molecule has 2 rings (SSSR count). The minimum atomic E-state index is -0.115. The number of thiazole rings is 1. The third-order valence-corrected chi connectivity index (χ3v) is 5.33. The van der Waals surface area contributed by atoms with Crippen molar-refractivity contribution in [2.45, 2.75) is 39.7 Å². The molecule has 4 nitrogen and oxygen atoms in total. The van der Waals surface area contributed by atoms with E-state index in [2.05, 4.69) is 29.0 Å². The van der Waals surface area contributed by atoms with Crippen LogP contribution in [0.4, 0.5) is 5.13 Å². The van der Waals surface area contributed by atoms with Crippen molar-refractivity contribution in [1.29, 1.82) is 0 Å². The standard InChI is InChI=1S/C18H24ClN3OS/c1-4-16(22(5-2)6-3)17(23)21-18-20-12-14(24-18)11-13-9-7-8-10-15(13)19/h7-10,12,16H,4-6,11H2,1-3H3,(H,20,21,23). The monoisotopic (exact) mass is 365 g/mol. The van der Waals surface area contributed by atoms with Gasteiger partial charge in [0.05, 0.1) is 6.04 Å². The van der Waals surface area contributed by atoms with Gasteiger partial charge >= 0.3 is 0 Å². The van der Waals surface area contributed by atoms with Gasteiger partial charge in [-0.2, -0.15) is 0 Å². The number of rotatable bonds is 8. The van der Waals surface area contributed by atoms with Crippen LogP contribution in [-0.4, -0.2) is 34.9 Å². The van der Waals surface area contributed by atoms with Crippen LogP contribution in [0.2, 0.25) is 5.02 Å². The minimum Gasteiger partial charge on any atom is -0.301 e. The van der Waals surface area contributed by atoms with Crippen molar-refractivity contribution in [2.24, 2.45) is 0 Å². The summed E-state index contributed by atoms with van der Waals surface area (Å²) in [6, 6.07) is 7.67. The van der Waals surface area contributed by atoms with E-state index in [-0.39, 0.29) is 11.9 Å². The van der Waals surface area contributed by atoms with Gasteiger partial charge in [0.2, 0.25) is 5.91 Å². The summed E-state index contributed by atoms with van der Waals surface area (Å²) in [6.07, 6.45) is 3.31. The molecule has 1 heterocycles. The Hall–Kier alpha value is -1.43. The number of aromatic nitrogens is 1. The third kappa shape index (κ3) is 4.79. The van der Waals surface area contributed by atoms with Gasteiger partial charge in [-0.3, -0.25) is 9.69 Å². The van der Waals surface area contributed by atoms with Gasteiger partial charge in [-0.15, -0.1) is 11.3 Å². The van der Waals surface area contributed by atoms with Crippen LogP contribution in [0.1, 0.15) is 37.6 Å². The summed E-state index contributed by atoms with van der Waals surface area (Å²) in [7, 11) is 0. The molecule has 0 saturated heterocycles. The Balaban J connectivity index is 2.03. The number of hydrogen-bond donors (Lipinski definition) is 1. The van der Waals surface area contributed by atoms with Gasteiger partial charge in [0.15, 0.2) is 5.13 Å². The maximum atomic E-state index is 12.5. The van der Waals surface area contributed by atoms with Crippen molar-refractivity contribution < 1.29 is 4.79 Å². The zero-order valence-corrected chi connectivity index (χ0v) is 16.0. The number of likely N-dealkylation sites (N-methyl/N-ethyl adjacent to an activating group) is 1. The van der Waals surface area contributed by atoms with Gasteiger partial charge in [0, 0.05) is 22.5 Å². The van der Waals surface area contributed by atoms with E-state index >= 15 is 0 Å². The number of anilines is 1. The van der Waals surface area contributed by atoms with E-state index in [1.165, 1.54) is 11.3 Å². The maximum absolute atomic E-state index is 12.5.